The molecule has 0 radical (unpaired) electrons. The van der Waals surface area contributed by atoms with E-state index in [0.29, 0.717) is 16.5 Å². The number of aromatic carboxylic acids is 1. The molecular weight excluding hydrogens is 474 g/mol. The van der Waals surface area contributed by atoms with Crippen molar-refractivity contribution < 1.29 is 14.6 Å². The number of anilines is 1. The molecule has 0 unspecified atom stereocenters. The predicted molar refractivity (Wildman–Crippen MR) is 141 cm³/mol. The highest BCUT2D eigenvalue weighted by molar-refractivity contribution is 7.21. The first kappa shape index (κ1) is 23.3. The standard InChI is InChI=1S/C28H23N3O4S/c1-35-21-14-12-18(13-15-21)16-29-28-30-23-25(32)22(27(33)34)17-31(26(23)36-28)24(19-8-4-2-5-9-19)20-10-6-3-7-11-20/h2-15,17,24H,16H2,1H3,(H,29,30)(H,33,34). The lowest BCUT2D eigenvalue weighted by molar-refractivity contribution is 0.0694. The number of nitrogens with zero attached hydrogens (tertiary/aromatic N) is 2. The molecule has 0 saturated carbocycles. The number of carboxylic acid groups (broad SMARTS) is 1. The number of benzene rings is 3. The maximum absolute atomic E-state index is 13.1. The highest BCUT2D eigenvalue weighted by Crippen LogP contribution is 2.33. The van der Waals surface area contributed by atoms with Gasteiger partial charge in [0.2, 0.25) is 5.43 Å². The molecule has 0 aliphatic heterocycles. The summed E-state index contributed by atoms with van der Waals surface area (Å²) < 4.78 is 7.06. The van der Waals surface area contributed by atoms with Crippen LogP contribution >= 0.6 is 11.3 Å². The Balaban J connectivity index is 1.63. The Labute approximate surface area is 211 Å². The lowest BCUT2D eigenvalue weighted by Gasteiger charge is -2.23. The zero-order chi connectivity index (χ0) is 25.1. The molecule has 0 aliphatic rings. The van der Waals surface area contributed by atoms with Crippen LogP contribution in [0.1, 0.15) is 33.1 Å². The number of rotatable bonds is 8. The minimum atomic E-state index is -1.28. The first-order chi connectivity index (χ1) is 17.5. The van der Waals surface area contributed by atoms with E-state index in [1.165, 1.54) is 17.5 Å². The van der Waals surface area contributed by atoms with E-state index >= 15 is 0 Å². The van der Waals surface area contributed by atoms with Crippen molar-refractivity contribution in [3.8, 4) is 5.75 Å². The van der Waals surface area contributed by atoms with Crippen molar-refractivity contribution in [2.45, 2.75) is 12.6 Å². The van der Waals surface area contributed by atoms with Crippen LogP contribution in [-0.2, 0) is 6.54 Å². The summed E-state index contributed by atoms with van der Waals surface area (Å²) in [5, 5.41) is 13.6. The van der Waals surface area contributed by atoms with E-state index in [2.05, 4.69) is 10.3 Å². The molecule has 7 nitrogen and oxygen atoms in total. The third kappa shape index (κ3) is 4.58. The number of nitrogens with one attached hydrogen (secondary N) is 1. The van der Waals surface area contributed by atoms with Crippen LogP contribution in [0.5, 0.6) is 5.75 Å². The van der Waals surface area contributed by atoms with Gasteiger partial charge in [-0.15, -0.1) is 0 Å². The van der Waals surface area contributed by atoms with Gasteiger partial charge in [0.1, 0.15) is 21.7 Å². The van der Waals surface area contributed by atoms with Crippen LogP contribution < -0.4 is 15.5 Å². The second-order valence-corrected chi connectivity index (χ2v) is 9.16. The van der Waals surface area contributed by atoms with E-state index in [-0.39, 0.29) is 17.1 Å². The molecule has 0 fully saturated rings. The van der Waals surface area contributed by atoms with Gasteiger partial charge in [-0.2, -0.15) is 0 Å². The zero-order valence-electron chi connectivity index (χ0n) is 19.4. The zero-order valence-corrected chi connectivity index (χ0v) is 20.2. The lowest BCUT2D eigenvalue weighted by Crippen LogP contribution is -2.21. The topological polar surface area (TPSA) is 93.4 Å². The number of thiazole rings is 1. The summed E-state index contributed by atoms with van der Waals surface area (Å²) in [6.45, 7) is 0.491. The van der Waals surface area contributed by atoms with Crippen molar-refractivity contribution in [2.24, 2.45) is 0 Å². The van der Waals surface area contributed by atoms with Crippen LogP contribution in [0.2, 0.25) is 0 Å². The van der Waals surface area contributed by atoms with Crippen LogP contribution in [0.4, 0.5) is 5.13 Å². The molecule has 2 N–H and O–H groups in total. The Bertz CT molecular complexity index is 1520. The Morgan fingerprint density at radius 3 is 2.17 bits per heavy atom. The summed E-state index contributed by atoms with van der Waals surface area (Å²) in [4.78, 5) is 30.2. The highest BCUT2D eigenvalue weighted by atomic mass is 32.1. The highest BCUT2D eigenvalue weighted by Gasteiger charge is 2.24. The molecule has 36 heavy (non-hydrogen) atoms. The smallest absolute Gasteiger partial charge is 0.341 e. The molecule has 0 saturated heterocycles. The predicted octanol–water partition coefficient (Wildman–Crippen LogP) is 5.41. The molecule has 0 aliphatic carbocycles. The Kier molecular flexibility index (Phi) is 6.51. The summed E-state index contributed by atoms with van der Waals surface area (Å²) in [6.07, 6.45) is 1.43. The van der Waals surface area contributed by atoms with Gasteiger partial charge in [-0.05, 0) is 28.8 Å². The molecule has 0 spiro atoms. The van der Waals surface area contributed by atoms with Gasteiger partial charge >= 0.3 is 5.97 Å². The monoisotopic (exact) mass is 497 g/mol. The van der Waals surface area contributed by atoms with Gasteiger partial charge in [-0.1, -0.05) is 84.1 Å². The molecule has 2 aromatic heterocycles. The fraction of sp³-hybridized carbons (Fsp3) is 0.107. The molecule has 0 amide bonds. The molecule has 8 heteroatoms. The number of hydrogen-bond donors (Lipinski definition) is 2. The normalized spacial score (nSPS) is 11.1. The molecule has 2 heterocycles. The number of ether oxygens (including phenoxy) is 1. The molecule has 5 aromatic rings. The van der Waals surface area contributed by atoms with E-state index in [9.17, 15) is 14.7 Å². The largest absolute Gasteiger partial charge is 0.497 e. The number of aromatic nitrogens is 2. The van der Waals surface area contributed by atoms with E-state index in [0.717, 1.165) is 22.4 Å². The second kappa shape index (κ2) is 10.1. The third-order valence-electron chi connectivity index (χ3n) is 5.91. The average Bonchev–Trinajstić information content (AvgIpc) is 3.35. The number of pyridine rings is 1. The Morgan fingerprint density at radius 1 is 1.00 bits per heavy atom. The van der Waals surface area contributed by atoms with Gasteiger partial charge in [-0.25, -0.2) is 9.78 Å². The number of carbonyl (C=O) groups is 1. The number of fused-ring (bicyclic) bond motifs is 1. The van der Waals surface area contributed by atoms with Gasteiger partial charge < -0.3 is 19.7 Å². The van der Waals surface area contributed by atoms with Gasteiger partial charge in [0, 0.05) is 12.7 Å². The van der Waals surface area contributed by atoms with E-state index in [1.54, 1.807) is 7.11 Å². The summed E-state index contributed by atoms with van der Waals surface area (Å²) in [7, 11) is 1.62. The van der Waals surface area contributed by atoms with Crippen molar-refractivity contribution in [3.63, 3.8) is 0 Å². The molecule has 0 bridgehead atoms. The quantitative estimate of drug-likeness (QED) is 0.298. The first-order valence-electron chi connectivity index (χ1n) is 11.3. The maximum atomic E-state index is 13.1. The fourth-order valence-electron chi connectivity index (χ4n) is 4.14. The summed E-state index contributed by atoms with van der Waals surface area (Å²) in [5.41, 5.74) is 2.17. The van der Waals surface area contributed by atoms with Crippen LogP contribution in [0.15, 0.2) is 95.9 Å². The van der Waals surface area contributed by atoms with E-state index < -0.39 is 11.4 Å². The van der Waals surface area contributed by atoms with Crippen molar-refractivity contribution in [1.82, 2.24) is 9.55 Å². The van der Waals surface area contributed by atoms with Gasteiger partial charge in [0.25, 0.3) is 0 Å². The molecule has 0 atom stereocenters. The number of carboxylic acids is 1. The van der Waals surface area contributed by atoms with Crippen molar-refractivity contribution >= 4 is 32.8 Å². The van der Waals surface area contributed by atoms with Crippen molar-refractivity contribution in [3.05, 3.63) is 124 Å². The maximum Gasteiger partial charge on any atom is 0.341 e. The van der Waals surface area contributed by atoms with Gasteiger partial charge in [-0.3, -0.25) is 4.79 Å². The lowest BCUT2D eigenvalue weighted by atomic mass is 9.98. The number of hydrogen-bond acceptors (Lipinski definition) is 6. The number of methoxy groups -OCH3 is 1. The minimum absolute atomic E-state index is 0.133. The van der Waals surface area contributed by atoms with Crippen LogP contribution in [-0.4, -0.2) is 27.7 Å². The second-order valence-electron chi connectivity index (χ2n) is 8.18. The minimum Gasteiger partial charge on any atom is -0.497 e. The Morgan fingerprint density at radius 2 is 1.61 bits per heavy atom. The molecule has 5 rings (SSSR count). The molecule has 180 valence electrons. The van der Waals surface area contributed by atoms with Gasteiger partial charge in [0.15, 0.2) is 5.13 Å². The van der Waals surface area contributed by atoms with Crippen LogP contribution in [0.3, 0.4) is 0 Å². The summed E-state index contributed by atoms with van der Waals surface area (Å²) in [5.74, 6) is -0.513. The summed E-state index contributed by atoms with van der Waals surface area (Å²) >= 11 is 1.33. The van der Waals surface area contributed by atoms with Crippen molar-refractivity contribution in [2.75, 3.05) is 12.4 Å². The SMILES string of the molecule is COc1ccc(CNc2nc3c(=O)c(C(=O)O)cn(C(c4ccccc4)c4ccccc4)c3s2)cc1. The van der Waals surface area contributed by atoms with Crippen LogP contribution in [0.25, 0.3) is 10.3 Å². The molecule has 3 aromatic carbocycles. The fourth-order valence-corrected chi connectivity index (χ4v) is 5.11. The third-order valence-corrected chi connectivity index (χ3v) is 6.94. The summed E-state index contributed by atoms with van der Waals surface area (Å²) in [6, 6.07) is 26.9. The average molecular weight is 498 g/mol. The van der Waals surface area contributed by atoms with Crippen LogP contribution in [0, 0.1) is 0 Å². The van der Waals surface area contributed by atoms with Crippen molar-refractivity contribution in [1.29, 1.82) is 0 Å². The van der Waals surface area contributed by atoms with E-state index in [4.69, 9.17) is 4.74 Å². The van der Waals surface area contributed by atoms with E-state index in [1.807, 2.05) is 89.5 Å². The first-order valence-corrected chi connectivity index (χ1v) is 12.1. The Hall–Kier alpha value is -4.43. The molecular formula is C28H23N3O4S. The van der Waals surface area contributed by atoms with Gasteiger partial charge in [0.05, 0.1) is 13.2 Å².